The monoisotopic (exact) mass is 406 g/mol. The van der Waals surface area contributed by atoms with Crippen LogP contribution in [0.2, 0.25) is 5.02 Å². The molecule has 2 aromatic rings. The summed E-state index contributed by atoms with van der Waals surface area (Å²) in [6, 6.07) is 12.8. The van der Waals surface area contributed by atoms with Crippen LogP contribution in [0.25, 0.3) is 0 Å². The Morgan fingerprint density at radius 3 is 2.37 bits per heavy atom. The van der Waals surface area contributed by atoms with E-state index >= 15 is 0 Å². The van der Waals surface area contributed by atoms with Gasteiger partial charge in [-0.2, -0.15) is 0 Å². The van der Waals surface area contributed by atoms with E-state index in [9.17, 15) is 13.2 Å². The van der Waals surface area contributed by atoms with Crippen LogP contribution in [0.1, 0.15) is 31.1 Å². The van der Waals surface area contributed by atoms with Gasteiger partial charge in [-0.1, -0.05) is 35.9 Å². The Morgan fingerprint density at radius 2 is 1.81 bits per heavy atom. The van der Waals surface area contributed by atoms with Crippen LogP contribution in [0.4, 0.5) is 5.69 Å². The van der Waals surface area contributed by atoms with Crippen LogP contribution in [0, 0.1) is 0 Å². The summed E-state index contributed by atoms with van der Waals surface area (Å²) in [7, 11) is -3.91. The minimum atomic E-state index is -3.91. The molecule has 0 unspecified atom stereocenters. The summed E-state index contributed by atoms with van der Waals surface area (Å²) < 4.78 is 27.6. The van der Waals surface area contributed by atoms with Crippen molar-refractivity contribution in [2.75, 3.05) is 10.8 Å². The number of para-hydroxylation sites is 1. The standard InChI is InChI=1S/C20H23ClN2O3S/c1-5-13-23(15-9-7-6-8-10-15)27(25,26)16-11-12-18(21)17(14-16)19(24)22-20(2,3)4/h5-12,14H,1,13H2,2-4H3,(H,22,24). The van der Waals surface area contributed by atoms with E-state index < -0.39 is 21.5 Å². The van der Waals surface area contributed by atoms with E-state index in [1.165, 1.54) is 28.6 Å². The lowest BCUT2D eigenvalue weighted by Crippen LogP contribution is -2.40. The highest BCUT2D eigenvalue weighted by Crippen LogP contribution is 2.27. The van der Waals surface area contributed by atoms with Crippen LogP contribution in [-0.2, 0) is 10.0 Å². The number of rotatable bonds is 6. The number of benzene rings is 2. The van der Waals surface area contributed by atoms with Crippen LogP contribution in [0.3, 0.4) is 0 Å². The molecule has 0 fully saturated rings. The minimum absolute atomic E-state index is 0.0170. The maximum atomic E-state index is 13.2. The predicted molar refractivity (Wildman–Crippen MR) is 110 cm³/mol. The zero-order valence-corrected chi connectivity index (χ0v) is 17.1. The van der Waals surface area contributed by atoms with Gasteiger partial charge >= 0.3 is 0 Å². The average molecular weight is 407 g/mol. The van der Waals surface area contributed by atoms with E-state index in [-0.39, 0.29) is 22.0 Å². The van der Waals surface area contributed by atoms with Gasteiger partial charge in [-0.25, -0.2) is 8.42 Å². The summed E-state index contributed by atoms with van der Waals surface area (Å²) in [5.41, 5.74) is 0.140. The van der Waals surface area contributed by atoms with Crippen molar-refractivity contribution < 1.29 is 13.2 Å². The zero-order valence-electron chi connectivity index (χ0n) is 15.6. The molecule has 1 N–H and O–H groups in total. The van der Waals surface area contributed by atoms with Crippen molar-refractivity contribution in [2.45, 2.75) is 31.2 Å². The first-order valence-corrected chi connectivity index (χ1v) is 10.2. The molecule has 144 valence electrons. The van der Waals surface area contributed by atoms with Gasteiger partial charge in [0.1, 0.15) is 0 Å². The first-order chi connectivity index (χ1) is 12.6. The van der Waals surface area contributed by atoms with E-state index in [2.05, 4.69) is 11.9 Å². The summed E-state index contributed by atoms with van der Waals surface area (Å²) in [4.78, 5) is 12.5. The first kappa shape index (κ1) is 21.0. The second-order valence-electron chi connectivity index (χ2n) is 7.01. The summed E-state index contributed by atoms with van der Waals surface area (Å²) in [5.74, 6) is -0.431. The quantitative estimate of drug-likeness (QED) is 0.729. The van der Waals surface area contributed by atoms with Crippen molar-refractivity contribution in [2.24, 2.45) is 0 Å². The summed E-state index contributed by atoms with van der Waals surface area (Å²) in [6.45, 7) is 9.24. The van der Waals surface area contributed by atoms with Crippen LogP contribution < -0.4 is 9.62 Å². The van der Waals surface area contributed by atoms with Crippen LogP contribution in [0.15, 0.2) is 66.1 Å². The third kappa shape index (κ3) is 5.11. The van der Waals surface area contributed by atoms with Crippen molar-refractivity contribution in [3.63, 3.8) is 0 Å². The van der Waals surface area contributed by atoms with Crippen molar-refractivity contribution in [1.82, 2.24) is 5.32 Å². The smallest absolute Gasteiger partial charge is 0.264 e. The molecule has 0 saturated heterocycles. The van der Waals surface area contributed by atoms with Crippen LogP contribution in [-0.4, -0.2) is 26.4 Å². The number of hydrogen-bond donors (Lipinski definition) is 1. The van der Waals surface area contributed by atoms with Crippen molar-refractivity contribution in [1.29, 1.82) is 0 Å². The predicted octanol–water partition coefficient (Wildman–Crippen LogP) is 4.25. The van der Waals surface area contributed by atoms with Gasteiger partial charge in [0.2, 0.25) is 0 Å². The van der Waals surface area contributed by atoms with Gasteiger partial charge in [0.25, 0.3) is 15.9 Å². The highest BCUT2D eigenvalue weighted by atomic mass is 35.5. The fourth-order valence-corrected chi connectivity index (χ4v) is 4.09. The van der Waals surface area contributed by atoms with Crippen molar-refractivity contribution >= 4 is 33.2 Å². The Kier molecular flexibility index (Phi) is 6.34. The number of nitrogens with one attached hydrogen (secondary N) is 1. The molecular weight excluding hydrogens is 384 g/mol. The summed E-state index contributed by atoms with van der Waals surface area (Å²) in [5, 5.41) is 2.98. The number of sulfonamides is 1. The Labute approximate surface area is 165 Å². The van der Waals surface area contributed by atoms with Crippen molar-refractivity contribution in [3.05, 3.63) is 71.8 Å². The fraction of sp³-hybridized carbons (Fsp3) is 0.250. The van der Waals surface area contributed by atoms with Gasteiger partial charge in [0.05, 0.1) is 27.7 Å². The van der Waals surface area contributed by atoms with Gasteiger partial charge in [-0.05, 0) is 51.1 Å². The molecule has 2 rings (SSSR count). The first-order valence-electron chi connectivity index (χ1n) is 8.37. The maximum Gasteiger partial charge on any atom is 0.264 e. The Bertz CT molecular complexity index is 935. The number of halogens is 1. The molecule has 0 radical (unpaired) electrons. The molecule has 27 heavy (non-hydrogen) atoms. The van der Waals surface area contributed by atoms with E-state index in [0.29, 0.717) is 5.69 Å². The molecule has 0 aliphatic heterocycles. The summed E-state index contributed by atoms with van der Waals surface area (Å²) in [6.07, 6.45) is 1.51. The third-order valence-electron chi connectivity index (χ3n) is 3.60. The summed E-state index contributed by atoms with van der Waals surface area (Å²) >= 11 is 6.14. The molecule has 0 bridgehead atoms. The number of carbonyl (C=O) groups is 1. The molecule has 0 aliphatic rings. The third-order valence-corrected chi connectivity index (χ3v) is 5.72. The van der Waals surface area contributed by atoms with E-state index in [1.807, 2.05) is 20.8 Å². The number of carbonyl (C=O) groups excluding carboxylic acids is 1. The molecule has 0 aromatic heterocycles. The normalized spacial score (nSPS) is 11.7. The van der Waals surface area contributed by atoms with Crippen molar-refractivity contribution in [3.8, 4) is 0 Å². The minimum Gasteiger partial charge on any atom is -0.347 e. The molecule has 7 heteroatoms. The van der Waals surface area contributed by atoms with E-state index in [0.717, 1.165) is 0 Å². The van der Waals surface area contributed by atoms with Gasteiger partial charge in [-0.3, -0.25) is 9.10 Å². The Balaban J connectivity index is 2.50. The molecule has 0 atom stereocenters. The lowest BCUT2D eigenvalue weighted by atomic mass is 10.1. The second kappa shape index (κ2) is 8.15. The molecule has 0 spiro atoms. The number of hydrogen-bond acceptors (Lipinski definition) is 3. The van der Waals surface area contributed by atoms with Gasteiger partial charge < -0.3 is 5.32 Å². The Hall–Kier alpha value is -2.31. The average Bonchev–Trinajstić information content (AvgIpc) is 2.59. The largest absolute Gasteiger partial charge is 0.347 e. The maximum absolute atomic E-state index is 13.2. The second-order valence-corrected chi connectivity index (χ2v) is 9.28. The molecular formula is C20H23ClN2O3S. The zero-order chi connectivity index (χ0) is 20.2. The van der Waals surface area contributed by atoms with Gasteiger partial charge in [-0.15, -0.1) is 6.58 Å². The highest BCUT2D eigenvalue weighted by molar-refractivity contribution is 7.92. The van der Waals surface area contributed by atoms with Crippen LogP contribution >= 0.6 is 11.6 Å². The SMILES string of the molecule is C=CCN(c1ccccc1)S(=O)(=O)c1ccc(Cl)c(C(=O)NC(C)(C)C)c1. The topological polar surface area (TPSA) is 66.5 Å². The lowest BCUT2D eigenvalue weighted by molar-refractivity contribution is 0.0919. The highest BCUT2D eigenvalue weighted by Gasteiger charge is 2.26. The molecule has 0 saturated carbocycles. The molecule has 0 aliphatic carbocycles. The number of amides is 1. The molecule has 2 aromatic carbocycles. The van der Waals surface area contributed by atoms with E-state index in [1.54, 1.807) is 30.3 Å². The lowest BCUT2D eigenvalue weighted by Gasteiger charge is -2.24. The molecule has 1 amide bonds. The van der Waals surface area contributed by atoms with E-state index in [4.69, 9.17) is 11.6 Å². The Morgan fingerprint density at radius 1 is 1.19 bits per heavy atom. The fourth-order valence-electron chi connectivity index (χ4n) is 2.43. The number of nitrogens with zero attached hydrogens (tertiary/aromatic N) is 1. The molecule has 0 heterocycles. The van der Waals surface area contributed by atoms with Gasteiger partial charge in [0.15, 0.2) is 0 Å². The molecule has 5 nitrogen and oxygen atoms in total. The van der Waals surface area contributed by atoms with Crippen LogP contribution in [0.5, 0.6) is 0 Å². The number of anilines is 1. The van der Waals surface area contributed by atoms with Gasteiger partial charge in [0, 0.05) is 5.54 Å².